The van der Waals surface area contributed by atoms with Crippen molar-refractivity contribution in [3.63, 3.8) is 0 Å². The molecule has 1 amide bonds. The van der Waals surface area contributed by atoms with Crippen LogP contribution in [0, 0.1) is 0 Å². The first kappa shape index (κ1) is 30.4. The zero-order valence-electron chi connectivity index (χ0n) is 23.9. The third-order valence-electron chi connectivity index (χ3n) is 6.82. The summed E-state index contributed by atoms with van der Waals surface area (Å²) in [5.74, 6) is -0.882. The molecule has 0 bridgehead atoms. The van der Waals surface area contributed by atoms with Gasteiger partial charge in [-0.15, -0.1) is 0 Å². The third kappa shape index (κ3) is 7.46. The van der Waals surface area contributed by atoms with E-state index in [-0.39, 0.29) is 11.4 Å². The normalized spacial score (nSPS) is 12.8. The van der Waals surface area contributed by atoms with E-state index in [2.05, 4.69) is 30.5 Å². The molecule has 2 aromatic heterocycles. The fourth-order valence-corrected chi connectivity index (χ4v) is 5.78. The second-order valence-corrected chi connectivity index (χ2v) is 11.7. The van der Waals surface area contributed by atoms with Gasteiger partial charge in [0.2, 0.25) is 10.0 Å². The van der Waals surface area contributed by atoms with Crippen LogP contribution in [0.5, 0.6) is 0 Å². The van der Waals surface area contributed by atoms with Gasteiger partial charge < -0.3 is 15.4 Å². The Balaban J connectivity index is 1.36. The first-order chi connectivity index (χ1) is 21.3. The van der Waals surface area contributed by atoms with Crippen LogP contribution in [-0.2, 0) is 19.6 Å². The van der Waals surface area contributed by atoms with Gasteiger partial charge in [-0.05, 0) is 41.5 Å². The van der Waals surface area contributed by atoms with Gasteiger partial charge in [-0.25, -0.2) is 13.4 Å². The third-order valence-corrected chi connectivity index (χ3v) is 8.31. The van der Waals surface area contributed by atoms with Crippen molar-refractivity contribution in [2.45, 2.75) is 36.9 Å². The number of ether oxygens (including phenoxy) is 1. The Morgan fingerprint density at radius 1 is 0.909 bits per heavy atom. The molecule has 0 saturated heterocycles. The van der Waals surface area contributed by atoms with Gasteiger partial charge in [0.25, 0.3) is 5.91 Å². The van der Waals surface area contributed by atoms with Crippen molar-refractivity contribution in [2.75, 3.05) is 11.9 Å². The number of anilines is 1. The van der Waals surface area contributed by atoms with Crippen LogP contribution in [-0.4, -0.2) is 54.3 Å². The highest BCUT2D eigenvalue weighted by Gasteiger charge is 2.30. The number of esters is 1. The lowest BCUT2D eigenvalue weighted by Crippen LogP contribution is -2.50. The Labute approximate surface area is 255 Å². The number of aromatic nitrogens is 3. The number of pyridine rings is 1. The highest BCUT2D eigenvalue weighted by molar-refractivity contribution is 7.89. The number of para-hydroxylation sites is 1. The van der Waals surface area contributed by atoms with Gasteiger partial charge in [-0.3, -0.25) is 14.7 Å². The van der Waals surface area contributed by atoms with E-state index in [9.17, 15) is 18.0 Å². The number of carbonyl (C=O) groups excluding carboxylic acids is 2. The lowest BCUT2D eigenvalue weighted by Gasteiger charge is -2.24. The summed E-state index contributed by atoms with van der Waals surface area (Å²) in [5, 5.41) is 13.2. The molecule has 2 heterocycles. The topological polar surface area (TPSA) is 155 Å². The summed E-state index contributed by atoms with van der Waals surface area (Å²) in [6.07, 6.45) is 3.52. The molecule has 0 aliphatic heterocycles. The number of fused-ring (bicyclic) bond motifs is 1. The second-order valence-electron chi connectivity index (χ2n) is 9.99. The van der Waals surface area contributed by atoms with E-state index in [0.717, 1.165) is 16.5 Å². The molecule has 0 fully saturated rings. The minimum absolute atomic E-state index is 0.0414. The van der Waals surface area contributed by atoms with E-state index >= 15 is 0 Å². The molecule has 4 N–H and O–H groups in total. The zero-order chi connectivity index (χ0) is 30.9. The Kier molecular flexibility index (Phi) is 9.62. The Morgan fingerprint density at radius 2 is 1.66 bits per heavy atom. The van der Waals surface area contributed by atoms with Crippen LogP contribution < -0.4 is 15.4 Å². The predicted molar refractivity (Wildman–Crippen MR) is 167 cm³/mol. The molecule has 0 radical (unpaired) electrons. The van der Waals surface area contributed by atoms with Gasteiger partial charge in [-0.2, -0.15) is 9.82 Å². The van der Waals surface area contributed by atoms with Crippen molar-refractivity contribution in [3.05, 3.63) is 109 Å². The maximum absolute atomic E-state index is 13.5. The molecular weight excluding hydrogens is 580 g/mol. The van der Waals surface area contributed by atoms with Crippen LogP contribution in [0.15, 0.2) is 108 Å². The fourth-order valence-electron chi connectivity index (χ4n) is 4.59. The Hall–Kier alpha value is -5.07. The van der Waals surface area contributed by atoms with Gasteiger partial charge in [0.15, 0.2) is 6.23 Å². The average Bonchev–Trinajstić information content (AvgIpc) is 3.53. The van der Waals surface area contributed by atoms with Gasteiger partial charge >= 0.3 is 5.97 Å². The highest BCUT2D eigenvalue weighted by atomic mass is 32.2. The molecule has 5 aromatic rings. The van der Waals surface area contributed by atoms with E-state index in [1.165, 1.54) is 12.1 Å². The van der Waals surface area contributed by atoms with Crippen LogP contribution >= 0.6 is 0 Å². The molecule has 0 aliphatic rings. The minimum Gasteiger partial charge on any atom is -0.440 e. The number of rotatable bonds is 13. The maximum atomic E-state index is 13.5. The molecule has 44 heavy (non-hydrogen) atoms. The Bertz CT molecular complexity index is 1810. The van der Waals surface area contributed by atoms with Crippen LogP contribution in [0.1, 0.15) is 30.1 Å². The van der Waals surface area contributed by atoms with Crippen LogP contribution in [0.4, 0.5) is 5.82 Å². The van der Waals surface area contributed by atoms with Gasteiger partial charge in [0.1, 0.15) is 11.9 Å². The molecule has 226 valence electrons. The van der Waals surface area contributed by atoms with Crippen LogP contribution in [0.2, 0.25) is 0 Å². The minimum atomic E-state index is -4.20. The summed E-state index contributed by atoms with van der Waals surface area (Å²) in [5.41, 5.74) is 2.59. The summed E-state index contributed by atoms with van der Waals surface area (Å²) in [6, 6.07) is 24.8. The van der Waals surface area contributed by atoms with Crippen molar-refractivity contribution in [2.24, 2.45) is 0 Å². The van der Waals surface area contributed by atoms with E-state index in [0.29, 0.717) is 29.7 Å². The molecule has 5 rings (SSSR count). The quantitative estimate of drug-likeness (QED) is 0.112. The molecule has 2 unspecified atom stereocenters. The fraction of sp³-hybridized carbons (Fsp3) is 0.188. The first-order valence-electron chi connectivity index (χ1n) is 14.1. The number of nitrogens with zero attached hydrogens (tertiary/aromatic N) is 2. The SMILES string of the molecule is CCCC(Nc1ccccn1)OC(=O)C(CNC(=O)c1cccc2cn[nH]c12)NS(=O)(=O)c1ccc(-c2ccccc2)cc1. The van der Waals surface area contributed by atoms with Crippen molar-refractivity contribution >= 4 is 38.6 Å². The standard InChI is InChI=1S/C32H32N6O5S/c1-2-9-29(36-28-14-6-7-19-33-28)43-32(40)27(21-34-31(39)26-13-8-12-24-20-35-37-30(24)26)38-44(41,42)25-17-15-23(16-18-25)22-10-4-3-5-11-22/h3-8,10-20,27,29,38H,2,9,21H2,1H3,(H,33,36)(H,34,39)(H,35,37). The molecule has 2 atom stereocenters. The maximum Gasteiger partial charge on any atom is 0.327 e. The molecule has 11 nitrogen and oxygen atoms in total. The summed E-state index contributed by atoms with van der Waals surface area (Å²) in [7, 11) is -4.20. The van der Waals surface area contributed by atoms with E-state index in [1.54, 1.807) is 60.9 Å². The van der Waals surface area contributed by atoms with Crippen molar-refractivity contribution in [1.29, 1.82) is 0 Å². The number of amides is 1. The highest BCUT2D eigenvalue weighted by Crippen LogP contribution is 2.21. The van der Waals surface area contributed by atoms with Crippen molar-refractivity contribution in [3.8, 4) is 11.1 Å². The number of sulfonamides is 1. The number of carbonyl (C=O) groups is 2. The summed E-state index contributed by atoms with van der Waals surface area (Å²) >= 11 is 0. The molecule has 0 saturated carbocycles. The van der Waals surface area contributed by atoms with Crippen LogP contribution in [0.25, 0.3) is 22.0 Å². The number of nitrogens with one attached hydrogen (secondary N) is 4. The predicted octanol–water partition coefficient (Wildman–Crippen LogP) is 4.48. The summed E-state index contributed by atoms with van der Waals surface area (Å²) < 4.78 is 35.1. The average molecular weight is 613 g/mol. The number of hydrogen-bond donors (Lipinski definition) is 4. The number of H-pyrrole nitrogens is 1. The molecule has 0 spiro atoms. The number of benzene rings is 3. The van der Waals surface area contributed by atoms with E-state index in [1.807, 2.05) is 37.3 Å². The lowest BCUT2D eigenvalue weighted by molar-refractivity contribution is -0.149. The zero-order valence-corrected chi connectivity index (χ0v) is 24.8. The second kappa shape index (κ2) is 13.9. The van der Waals surface area contributed by atoms with Crippen molar-refractivity contribution < 1.29 is 22.7 Å². The summed E-state index contributed by atoms with van der Waals surface area (Å²) in [6.45, 7) is 1.56. The van der Waals surface area contributed by atoms with Crippen LogP contribution in [0.3, 0.4) is 0 Å². The largest absolute Gasteiger partial charge is 0.440 e. The monoisotopic (exact) mass is 612 g/mol. The molecule has 0 aliphatic carbocycles. The van der Waals surface area contributed by atoms with E-state index < -0.39 is 34.2 Å². The molecular formula is C32H32N6O5S. The van der Waals surface area contributed by atoms with E-state index in [4.69, 9.17) is 4.74 Å². The molecule has 12 heteroatoms. The van der Waals surface area contributed by atoms with Gasteiger partial charge in [0, 0.05) is 24.5 Å². The smallest absolute Gasteiger partial charge is 0.327 e. The van der Waals surface area contributed by atoms with Gasteiger partial charge in [0.05, 0.1) is 22.2 Å². The summed E-state index contributed by atoms with van der Waals surface area (Å²) in [4.78, 5) is 30.8. The van der Waals surface area contributed by atoms with Gasteiger partial charge in [-0.1, -0.05) is 74.0 Å². The molecule has 3 aromatic carbocycles. The van der Waals surface area contributed by atoms with Crippen molar-refractivity contribution in [1.82, 2.24) is 25.2 Å². The number of aromatic amines is 1. The Morgan fingerprint density at radius 3 is 2.39 bits per heavy atom. The number of hydrogen-bond acceptors (Lipinski definition) is 8. The first-order valence-corrected chi connectivity index (χ1v) is 15.6. The lowest BCUT2D eigenvalue weighted by atomic mass is 10.1.